The third kappa shape index (κ3) is 6.93. The molecule has 188 valence electrons. The van der Waals surface area contributed by atoms with E-state index in [0.29, 0.717) is 50.9 Å². The highest BCUT2D eigenvalue weighted by Gasteiger charge is 2.39. The van der Waals surface area contributed by atoms with Crippen LogP contribution >= 0.6 is 0 Å². The van der Waals surface area contributed by atoms with Crippen molar-refractivity contribution < 1.29 is 26.4 Å². The van der Waals surface area contributed by atoms with Crippen LogP contribution in [0.3, 0.4) is 0 Å². The summed E-state index contributed by atoms with van der Waals surface area (Å²) in [6.07, 6.45) is -2.97. The molecule has 1 aromatic rings. The number of likely N-dealkylation sites (tertiary alicyclic amines) is 1. The van der Waals surface area contributed by atoms with Gasteiger partial charge in [-0.2, -0.15) is 17.5 Å². The Morgan fingerprint density at radius 2 is 1.79 bits per heavy atom. The lowest BCUT2D eigenvalue weighted by Gasteiger charge is -2.41. The van der Waals surface area contributed by atoms with Crippen LogP contribution in [0.5, 0.6) is 0 Å². The minimum atomic E-state index is -4.62. The van der Waals surface area contributed by atoms with Crippen molar-refractivity contribution >= 4 is 15.9 Å². The Hall–Kier alpha value is -1.65. The van der Waals surface area contributed by atoms with Gasteiger partial charge in [0.15, 0.2) is 0 Å². The number of nitrogens with zero attached hydrogens (tertiary/aromatic N) is 2. The number of rotatable bonds is 9. The molecule has 0 saturated carbocycles. The number of alkyl halides is 3. The van der Waals surface area contributed by atoms with Gasteiger partial charge in [0.2, 0.25) is 15.9 Å². The zero-order chi connectivity index (χ0) is 25.0. The van der Waals surface area contributed by atoms with E-state index < -0.39 is 27.8 Å². The van der Waals surface area contributed by atoms with Gasteiger partial charge >= 0.3 is 6.18 Å². The topological polar surface area (TPSA) is 69.7 Å². The van der Waals surface area contributed by atoms with Gasteiger partial charge in [0.05, 0.1) is 16.5 Å². The molecule has 1 N–H and O–H groups in total. The molecule has 0 aliphatic carbocycles. The molecular weight excluding hydrogens is 455 g/mol. The maximum Gasteiger partial charge on any atom is 0.416 e. The number of halogens is 3. The molecule has 1 fully saturated rings. The molecule has 10 heteroatoms. The molecule has 0 bridgehead atoms. The van der Waals surface area contributed by atoms with Crippen LogP contribution in [0.25, 0.3) is 0 Å². The number of benzene rings is 1. The average Bonchev–Trinajstić information content (AvgIpc) is 2.73. The molecule has 0 spiro atoms. The molecule has 0 aromatic heterocycles. The van der Waals surface area contributed by atoms with E-state index in [1.807, 2.05) is 20.8 Å². The minimum absolute atomic E-state index is 0.0260. The molecule has 0 radical (unpaired) electrons. The highest BCUT2D eigenvalue weighted by molar-refractivity contribution is 7.89. The highest BCUT2D eigenvalue weighted by atomic mass is 32.2. The molecule has 6 nitrogen and oxygen atoms in total. The van der Waals surface area contributed by atoms with Crippen LogP contribution in [-0.2, 0) is 21.0 Å². The fourth-order valence-corrected chi connectivity index (χ4v) is 6.26. The summed E-state index contributed by atoms with van der Waals surface area (Å²) in [6.45, 7) is 11.1. The Morgan fingerprint density at radius 1 is 1.18 bits per heavy atom. The Labute approximate surface area is 195 Å². The van der Waals surface area contributed by atoms with Gasteiger partial charge in [-0.25, -0.2) is 8.42 Å². The van der Waals surface area contributed by atoms with Crippen molar-refractivity contribution in [2.24, 2.45) is 5.92 Å². The summed E-state index contributed by atoms with van der Waals surface area (Å²) in [6, 6.07) is 2.85. The van der Waals surface area contributed by atoms with Crippen molar-refractivity contribution in [3.63, 3.8) is 0 Å². The fraction of sp³-hybridized carbons (Fsp3) is 0.696. The summed E-state index contributed by atoms with van der Waals surface area (Å²) >= 11 is 0. The van der Waals surface area contributed by atoms with E-state index in [2.05, 4.69) is 10.2 Å². The normalized spacial score (nSPS) is 17.7. The Bertz CT molecular complexity index is 896. The molecule has 1 unspecified atom stereocenters. The van der Waals surface area contributed by atoms with Crippen LogP contribution in [0.15, 0.2) is 29.2 Å². The largest absolute Gasteiger partial charge is 0.416 e. The van der Waals surface area contributed by atoms with Gasteiger partial charge in [-0.1, -0.05) is 26.8 Å². The van der Waals surface area contributed by atoms with Gasteiger partial charge in [0.25, 0.3) is 0 Å². The first-order valence-corrected chi connectivity index (χ1v) is 13.0. The second-order valence-electron chi connectivity index (χ2n) is 9.28. The molecule has 2 rings (SSSR count). The van der Waals surface area contributed by atoms with Crippen molar-refractivity contribution in [3.05, 3.63) is 29.8 Å². The summed E-state index contributed by atoms with van der Waals surface area (Å²) in [5, 5.41) is 2.97. The summed E-state index contributed by atoms with van der Waals surface area (Å²) < 4.78 is 67.5. The van der Waals surface area contributed by atoms with E-state index in [0.717, 1.165) is 12.1 Å². The number of hydrogen-bond acceptors (Lipinski definition) is 4. The first kappa shape index (κ1) is 27.6. The SMILES string of the molecule is CCC(C(=O)NCC(C)C)N1CCC(N(C(C)C)S(=O)(=O)c2cccc(C(F)(F)F)c2)CC1. The smallest absolute Gasteiger partial charge is 0.354 e. The van der Waals surface area contributed by atoms with E-state index in [1.54, 1.807) is 13.8 Å². The number of carbonyl (C=O) groups is 1. The molecule has 1 aromatic carbocycles. The van der Waals surface area contributed by atoms with Crippen LogP contribution in [0.1, 0.15) is 59.4 Å². The molecule has 1 atom stereocenters. The van der Waals surface area contributed by atoms with Crippen LogP contribution in [0, 0.1) is 5.92 Å². The second-order valence-corrected chi connectivity index (χ2v) is 11.1. The van der Waals surface area contributed by atoms with Gasteiger partial charge in [0.1, 0.15) is 0 Å². The van der Waals surface area contributed by atoms with Crippen LogP contribution < -0.4 is 5.32 Å². The van der Waals surface area contributed by atoms with E-state index in [9.17, 15) is 26.4 Å². The first-order chi connectivity index (χ1) is 15.3. The number of nitrogens with one attached hydrogen (secondary N) is 1. The lowest BCUT2D eigenvalue weighted by atomic mass is 10.0. The zero-order valence-corrected chi connectivity index (χ0v) is 20.8. The molecule has 33 heavy (non-hydrogen) atoms. The standard InChI is InChI=1S/C23H36F3N3O3S/c1-6-21(22(30)27-15-16(2)3)28-12-10-19(11-13-28)29(17(4)5)33(31,32)20-9-7-8-18(14-20)23(24,25)26/h7-9,14,16-17,19,21H,6,10-13,15H2,1-5H3,(H,27,30). The van der Waals surface area contributed by atoms with Crippen molar-refractivity contribution in [1.82, 2.24) is 14.5 Å². The Balaban J connectivity index is 2.18. The Kier molecular flexibility index (Phi) is 9.35. The maximum absolute atomic E-state index is 13.4. The van der Waals surface area contributed by atoms with Gasteiger partial charge in [-0.05, 0) is 57.2 Å². The lowest BCUT2D eigenvalue weighted by Crippen LogP contribution is -2.54. The summed E-state index contributed by atoms with van der Waals surface area (Å²) in [4.78, 5) is 14.3. The summed E-state index contributed by atoms with van der Waals surface area (Å²) in [5.74, 6) is 0.319. The minimum Gasteiger partial charge on any atom is -0.354 e. The lowest BCUT2D eigenvalue weighted by molar-refractivity contribution is -0.137. The monoisotopic (exact) mass is 491 g/mol. The Morgan fingerprint density at radius 3 is 2.27 bits per heavy atom. The molecule has 1 heterocycles. The molecule has 1 aliphatic heterocycles. The summed E-state index contributed by atoms with van der Waals surface area (Å²) in [7, 11) is -4.12. The van der Waals surface area contributed by atoms with Crippen molar-refractivity contribution in [2.45, 2.75) is 83.1 Å². The summed E-state index contributed by atoms with van der Waals surface area (Å²) in [5.41, 5.74) is -0.986. The third-order valence-corrected chi connectivity index (χ3v) is 8.04. The maximum atomic E-state index is 13.4. The highest BCUT2D eigenvalue weighted by Crippen LogP contribution is 2.33. The van der Waals surface area contributed by atoms with Crippen LogP contribution in [-0.4, -0.2) is 61.3 Å². The van der Waals surface area contributed by atoms with Gasteiger partial charge in [-0.15, -0.1) is 0 Å². The van der Waals surface area contributed by atoms with E-state index >= 15 is 0 Å². The number of piperidine rings is 1. The van der Waals surface area contributed by atoms with Gasteiger partial charge < -0.3 is 5.32 Å². The molecule has 1 aliphatic rings. The predicted octanol–water partition coefficient (Wildman–Crippen LogP) is 4.12. The van der Waals surface area contributed by atoms with E-state index in [-0.39, 0.29) is 22.9 Å². The average molecular weight is 492 g/mol. The third-order valence-electron chi connectivity index (χ3n) is 5.92. The number of carbonyl (C=O) groups excluding carboxylic acids is 1. The quantitative estimate of drug-likeness (QED) is 0.564. The van der Waals surface area contributed by atoms with Crippen molar-refractivity contribution in [2.75, 3.05) is 19.6 Å². The van der Waals surface area contributed by atoms with Crippen LogP contribution in [0.2, 0.25) is 0 Å². The second kappa shape index (κ2) is 11.2. The van der Waals surface area contributed by atoms with Crippen molar-refractivity contribution in [3.8, 4) is 0 Å². The molecule has 1 amide bonds. The van der Waals surface area contributed by atoms with Crippen molar-refractivity contribution in [1.29, 1.82) is 0 Å². The number of hydrogen-bond donors (Lipinski definition) is 1. The zero-order valence-electron chi connectivity index (χ0n) is 20.0. The van der Waals surface area contributed by atoms with E-state index in [4.69, 9.17) is 0 Å². The number of amides is 1. The first-order valence-electron chi connectivity index (χ1n) is 11.5. The van der Waals surface area contributed by atoms with Gasteiger partial charge in [0, 0.05) is 31.7 Å². The van der Waals surface area contributed by atoms with E-state index in [1.165, 1.54) is 10.4 Å². The number of sulfonamides is 1. The fourth-order valence-electron chi connectivity index (χ4n) is 4.33. The molecule has 1 saturated heterocycles. The van der Waals surface area contributed by atoms with Gasteiger partial charge in [-0.3, -0.25) is 9.69 Å². The molecular formula is C23H36F3N3O3S. The van der Waals surface area contributed by atoms with Crippen LogP contribution in [0.4, 0.5) is 13.2 Å². The predicted molar refractivity (Wildman–Crippen MR) is 122 cm³/mol.